The van der Waals surface area contributed by atoms with E-state index in [1.165, 1.54) is 0 Å². The molecule has 0 radical (unpaired) electrons. The second-order valence-electron chi connectivity index (χ2n) is 2.96. The zero-order chi connectivity index (χ0) is 10.1. The van der Waals surface area contributed by atoms with E-state index in [0.717, 1.165) is 20.2 Å². The van der Waals surface area contributed by atoms with Crippen LogP contribution in [0.25, 0.3) is 11.3 Å². The van der Waals surface area contributed by atoms with Crippen molar-refractivity contribution in [3.63, 3.8) is 0 Å². The zero-order valence-corrected chi connectivity index (χ0v) is 9.92. The predicted octanol–water partition coefficient (Wildman–Crippen LogP) is 4.14. The molecule has 0 saturated heterocycles. The molecule has 1 nitrogen and oxygen atoms in total. The smallest absolute Gasteiger partial charge is 0.161 e. The quantitative estimate of drug-likeness (QED) is 0.680. The highest BCUT2D eigenvalue weighted by atomic mass is 35.5. The molecule has 0 aliphatic heterocycles. The third-order valence-electron chi connectivity index (χ3n) is 2.03. The highest BCUT2D eigenvalue weighted by Gasteiger charge is 2.03. The van der Waals surface area contributed by atoms with E-state index in [-0.39, 0.29) is 0 Å². The molecule has 0 unspecified atom stereocenters. The van der Waals surface area contributed by atoms with Gasteiger partial charge in [0.15, 0.2) is 3.95 Å². The first kappa shape index (κ1) is 9.90. The Kier molecular flexibility index (Phi) is 2.72. The van der Waals surface area contributed by atoms with Gasteiger partial charge < -0.3 is 4.57 Å². The molecule has 4 heteroatoms. The molecule has 1 aromatic carbocycles. The fourth-order valence-corrected chi connectivity index (χ4v) is 2.47. The number of thiazole rings is 1. The van der Waals surface area contributed by atoms with Crippen LogP contribution in [0.5, 0.6) is 0 Å². The van der Waals surface area contributed by atoms with Crippen LogP contribution in [0, 0.1) is 3.95 Å². The first-order valence-electron chi connectivity index (χ1n) is 4.09. The summed E-state index contributed by atoms with van der Waals surface area (Å²) in [6.07, 6.45) is 0. The third kappa shape index (κ3) is 1.75. The number of nitrogens with zero attached hydrogens (tertiary/aromatic N) is 1. The summed E-state index contributed by atoms with van der Waals surface area (Å²) in [7, 11) is 1.97. The molecule has 1 aromatic heterocycles. The lowest BCUT2D eigenvalue weighted by Gasteiger charge is -2.02. The van der Waals surface area contributed by atoms with Crippen molar-refractivity contribution in [2.24, 2.45) is 7.05 Å². The standard InChI is InChI=1S/C10H8ClNS2/c1-12-9(6-14-10(12)13)7-3-2-4-8(11)5-7/h2-6H,1H3. The molecular weight excluding hydrogens is 234 g/mol. The van der Waals surface area contributed by atoms with Gasteiger partial charge in [0.2, 0.25) is 0 Å². The van der Waals surface area contributed by atoms with Crippen LogP contribution < -0.4 is 0 Å². The van der Waals surface area contributed by atoms with Crippen LogP contribution in [0.3, 0.4) is 0 Å². The topological polar surface area (TPSA) is 4.93 Å². The molecule has 0 atom stereocenters. The van der Waals surface area contributed by atoms with Gasteiger partial charge in [-0.1, -0.05) is 23.7 Å². The summed E-state index contributed by atoms with van der Waals surface area (Å²) in [4.78, 5) is 0. The summed E-state index contributed by atoms with van der Waals surface area (Å²) in [6, 6.07) is 7.78. The van der Waals surface area contributed by atoms with Crippen molar-refractivity contribution < 1.29 is 0 Å². The SMILES string of the molecule is Cn1c(-c2cccc(Cl)c2)csc1=S. The second-order valence-corrected chi connectivity index (χ2v) is 4.90. The summed E-state index contributed by atoms with van der Waals surface area (Å²) in [5, 5.41) is 2.80. The highest BCUT2D eigenvalue weighted by molar-refractivity contribution is 7.73. The van der Waals surface area contributed by atoms with Gasteiger partial charge in [-0.05, 0) is 24.4 Å². The average Bonchev–Trinajstić information content (AvgIpc) is 2.48. The second kappa shape index (κ2) is 3.85. The van der Waals surface area contributed by atoms with E-state index in [0.29, 0.717) is 0 Å². The normalized spacial score (nSPS) is 10.4. The van der Waals surface area contributed by atoms with Crippen LogP contribution in [0.2, 0.25) is 5.02 Å². The van der Waals surface area contributed by atoms with Gasteiger partial charge in [0.25, 0.3) is 0 Å². The number of aromatic nitrogens is 1. The first-order valence-corrected chi connectivity index (χ1v) is 5.75. The highest BCUT2D eigenvalue weighted by Crippen LogP contribution is 2.25. The van der Waals surface area contributed by atoms with Crippen molar-refractivity contribution in [1.82, 2.24) is 4.57 Å². The zero-order valence-electron chi connectivity index (χ0n) is 7.53. The van der Waals surface area contributed by atoms with E-state index in [4.69, 9.17) is 23.8 Å². The molecule has 1 heterocycles. The van der Waals surface area contributed by atoms with Crippen LogP contribution in [0.1, 0.15) is 0 Å². The van der Waals surface area contributed by atoms with Gasteiger partial charge in [-0.3, -0.25) is 0 Å². The number of hydrogen-bond donors (Lipinski definition) is 0. The Morgan fingerprint density at radius 2 is 2.21 bits per heavy atom. The van der Waals surface area contributed by atoms with Crippen LogP contribution in [-0.4, -0.2) is 4.57 Å². The summed E-state index contributed by atoms with van der Waals surface area (Å²) in [6.45, 7) is 0. The lowest BCUT2D eigenvalue weighted by Crippen LogP contribution is -1.90. The third-order valence-corrected chi connectivity index (χ3v) is 3.64. The lowest BCUT2D eigenvalue weighted by molar-refractivity contribution is 0.930. The minimum Gasteiger partial charge on any atom is -0.326 e. The van der Waals surface area contributed by atoms with Crippen LogP contribution in [0.15, 0.2) is 29.6 Å². The monoisotopic (exact) mass is 241 g/mol. The minimum absolute atomic E-state index is 0.750. The molecule has 2 aromatic rings. The molecule has 0 aliphatic carbocycles. The van der Waals surface area contributed by atoms with Crippen LogP contribution in [-0.2, 0) is 7.05 Å². The Hall–Kier alpha value is -0.640. The summed E-state index contributed by atoms with van der Waals surface area (Å²) in [5.74, 6) is 0. The lowest BCUT2D eigenvalue weighted by atomic mass is 10.2. The molecule has 0 aliphatic rings. The molecular formula is C10H8ClNS2. The molecule has 0 bridgehead atoms. The van der Waals surface area contributed by atoms with E-state index in [9.17, 15) is 0 Å². The number of benzene rings is 1. The maximum atomic E-state index is 5.92. The van der Waals surface area contributed by atoms with E-state index >= 15 is 0 Å². The largest absolute Gasteiger partial charge is 0.326 e. The molecule has 0 fully saturated rings. The van der Waals surface area contributed by atoms with Crippen molar-refractivity contribution in [3.05, 3.63) is 38.6 Å². The van der Waals surface area contributed by atoms with Gasteiger partial charge in [0.05, 0.1) is 5.69 Å². The first-order chi connectivity index (χ1) is 6.68. The van der Waals surface area contributed by atoms with Crippen molar-refractivity contribution in [2.45, 2.75) is 0 Å². The van der Waals surface area contributed by atoms with Gasteiger partial charge in [-0.2, -0.15) is 0 Å². The number of halogens is 1. The number of rotatable bonds is 1. The van der Waals surface area contributed by atoms with E-state index in [1.54, 1.807) is 11.3 Å². The molecule has 14 heavy (non-hydrogen) atoms. The van der Waals surface area contributed by atoms with Crippen molar-refractivity contribution in [3.8, 4) is 11.3 Å². The number of hydrogen-bond acceptors (Lipinski definition) is 2. The Labute approximate surface area is 96.6 Å². The van der Waals surface area contributed by atoms with E-state index in [1.807, 2.05) is 41.3 Å². The summed E-state index contributed by atoms with van der Waals surface area (Å²) in [5.41, 5.74) is 2.22. The Balaban J connectivity index is 2.60. The summed E-state index contributed by atoms with van der Waals surface area (Å²) < 4.78 is 2.87. The van der Waals surface area contributed by atoms with Gasteiger partial charge in [-0.25, -0.2) is 0 Å². The Bertz CT molecular complexity index is 513. The van der Waals surface area contributed by atoms with Gasteiger partial charge in [-0.15, -0.1) is 11.3 Å². The van der Waals surface area contributed by atoms with E-state index < -0.39 is 0 Å². The molecule has 0 N–H and O–H groups in total. The predicted molar refractivity (Wildman–Crippen MR) is 64.6 cm³/mol. The van der Waals surface area contributed by atoms with Crippen LogP contribution in [0.4, 0.5) is 0 Å². The van der Waals surface area contributed by atoms with Crippen molar-refractivity contribution >= 4 is 35.2 Å². The van der Waals surface area contributed by atoms with Crippen LogP contribution >= 0.6 is 35.2 Å². The van der Waals surface area contributed by atoms with Gasteiger partial charge in [0, 0.05) is 23.0 Å². The fourth-order valence-electron chi connectivity index (χ4n) is 1.27. The Morgan fingerprint density at radius 1 is 1.43 bits per heavy atom. The Morgan fingerprint density at radius 3 is 2.79 bits per heavy atom. The van der Waals surface area contributed by atoms with E-state index in [2.05, 4.69) is 0 Å². The molecule has 0 spiro atoms. The van der Waals surface area contributed by atoms with Gasteiger partial charge in [0.1, 0.15) is 0 Å². The molecule has 72 valence electrons. The fraction of sp³-hybridized carbons (Fsp3) is 0.100. The minimum atomic E-state index is 0.750. The van der Waals surface area contributed by atoms with Crippen molar-refractivity contribution in [2.75, 3.05) is 0 Å². The molecule has 2 rings (SSSR count). The summed E-state index contributed by atoms with van der Waals surface area (Å²) >= 11 is 12.6. The molecule has 0 amide bonds. The molecule has 0 saturated carbocycles. The van der Waals surface area contributed by atoms with Gasteiger partial charge >= 0.3 is 0 Å². The van der Waals surface area contributed by atoms with Crippen molar-refractivity contribution in [1.29, 1.82) is 0 Å². The maximum absolute atomic E-state index is 5.92. The maximum Gasteiger partial charge on any atom is 0.161 e. The average molecular weight is 242 g/mol.